The normalized spacial score (nSPS) is 13.8. The van der Waals surface area contributed by atoms with Crippen molar-refractivity contribution < 1.29 is 34.2 Å². The first kappa shape index (κ1) is 35.5. The molecule has 0 aromatic carbocycles. The Morgan fingerprint density at radius 1 is 0.667 bits per heavy atom. The van der Waals surface area contributed by atoms with Crippen LogP contribution in [0.5, 0.6) is 0 Å². The Balaban J connectivity index is 5.62. The number of nitrogens with two attached hydrogens (primary N) is 5. The highest BCUT2D eigenvalue weighted by Gasteiger charge is 2.30. The summed E-state index contributed by atoms with van der Waals surface area (Å²) in [5, 5.41) is 25.9. The summed E-state index contributed by atoms with van der Waals surface area (Å²) in [6.07, 6.45) is 2.29. The lowest BCUT2D eigenvalue weighted by atomic mass is 10.0. The van der Waals surface area contributed by atoms with E-state index in [1.54, 1.807) is 0 Å². The Labute approximate surface area is 227 Å². The third-order valence-corrected chi connectivity index (χ3v) is 5.73. The second-order valence-corrected chi connectivity index (χ2v) is 9.08. The maximum atomic E-state index is 13.2. The zero-order valence-electron chi connectivity index (χ0n) is 22.3. The molecule has 0 spiro atoms. The van der Waals surface area contributed by atoms with Gasteiger partial charge in [0, 0.05) is 13.0 Å². The lowest BCUT2D eigenvalue weighted by Crippen LogP contribution is -2.57. The van der Waals surface area contributed by atoms with E-state index in [0.717, 1.165) is 0 Å². The molecule has 0 heterocycles. The molecule has 0 aliphatic heterocycles. The van der Waals surface area contributed by atoms with E-state index in [9.17, 15) is 29.1 Å². The summed E-state index contributed by atoms with van der Waals surface area (Å²) in [7, 11) is 0. The smallest absolute Gasteiger partial charge is 0.326 e. The summed E-state index contributed by atoms with van der Waals surface area (Å²) in [4.78, 5) is 65.3. The fourth-order valence-corrected chi connectivity index (χ4v) is 3.52. The third kappa shape index (κ3) is 16.9. The second kappa shape index (κ2) is 20.5. The lowest BCUT2D eigenvalue weighted by Gasteiger charge is -2.25. The van der Waals surface area contributed by atoms with Gasteiger partial charge in [-0.25, -0.2) is 4.79 Å². The number of unbranched alkanes of at least 4 members (excludes halogenated alkanes) is 2. The summed E-state index contributed by atoms with van der Waals surface area (Å²) >= 11 is 0. The largest absolute Gasteiger partial charge is 0.481 e. The van der Waals surface area contributed by atoms with Crippen LogP contribution >= 0.6 is 0 Å². The van der Waals surface area contributed by atoms with Gasteiger partial charge in [0.1, 0.15) is 18.1 Å². The van der Waals surface area contributed by atoms with Gasteiger partial charge in [0.15, 0.2) is 5.96 Å². The van der Waals surface area contributed by atoms with Crippen molar-refractivity contribution in [3.05, 3.63) is 0 Å². The highest BCUT2D eigenvalue weighted by molar-refractivity contribution is 5.94. The standard InChI is InChI=1S/C23H45N9O7/c24-11-3-1-6-14(26)19(35)30-15(8-5-13-29-23(27)28)20(36)31-16(9-10-18(33)34)21(37)32-17(22(38)39)7-2-4-12-25/h14-17H,1-13,24-26H2,(H,30,35)(H,31,36)(H,32,37)(H,33,34)(H,38,39)(H4,27,28,29). The maximum absolute atomic E-state index is 13.2. The highest BCUT2D eigenvalue weighted by Crippen LogP contribution is 2.07. The Morgan fingerprint density at radius 2 is 1.15 bits per heavy atom. The predicted molar refractivity (Wildman–Crippen MR) is 144 cm³/mol. The van der Waals surface area contributed by atoms with E-state index in [2.05, 4.69) is 20.9 Å². The second-order valence-electron chi connectivity index (χ2n) is 9.08. The molecule has 0 saturated carbocycles. The van der Waals surface area contributed by atoms with Crippen LogP contribution in [0, 0.1) is 0 Å². The van der Waals surface area contributed by atoms with Crippen molar-refractivity contribution in [2.75, 3.05) is 19.6 Å². The van der Waals surface area contributed by atoms with Gasteiger partial charge in [-0.2, -0.15) is 0 Å². The molecular weight excluding hydrogens is 514 g/mol. The zero-order valence-corrected chi connectivity index (χ0v) is 22.3. The molecule has 0 bridgehead atoms. The Kier molecular flexibility index (Phi) is 18.6. The molecule has 4 unspecified atom stereocenters. The molecular formula is C23H45N9O7. The SMILES string of the molecule is NCCCCC(N)C(=O)NC(CCCN=C(N)N)C(=O)NC(CCC(=O)O)C(=O)NC(CCCCN)C(=O)O. The number of rotatable bonds is 22. The lowest BCUT2D eigenvalue weighted by molar-refractivity contribution is -0.143. The number of aliphatic carboxylic acids is 2. The molecule has 0 saturated heterocycles. The predicted octanol–water partition coefficient (Wildman–Crippen LogP) is -2.97. The number of carbonyl (C=O) groups excluding carboxylic acids is 3. The minimum atomic E-state index is -1.37. The van der Waals surface area contributed by atoms with Gasteiger partial charge in [0.05, 0.1) is 6.04 Å². The first-order valence-electron chi connectivity index (χ1n) is 13.0. The van der Waals surface area contributed by atoms with Crippen LogP contribution in [0.2, 0.25) is 0 Å². The first-order chi connectivity index (χ1) is 18.4. The molecule has 0 aliphatic rings. The maximum Gasteiger partial charge on any atom is 0.326 e. The molecule has 15 N–H and O–H groups in total. The van der Waals surface area contributed by atoms with Crippen molar-refractivity contribution in [2.45, 2.75) is 88.4 Å². The van der Waals surface area contributed by atoms with E-state index in [1.807, 2.05) is 0 Å². The average Bonchev–Trinajstić information content (AvgIpc) is 2.86. The van der Waals surface area contributed by atoms with Crippen LogP contribution in [0.1, 0.15) is 64.2 Å². The van der Waals surface area contributed by atoms with Crippen LogP contribution in [0.25, 0.3) is 0 Å². The fourth-order valence-electron chi connectivity index (χ4n) is 3.52. The van der Waals surface area contributed by atoms with Crippen molar-refractivity contribution in [1.29, 1.82) is 0 Å². The number of aliphatic imine (C=N–C) groups is 1. The van der Waals surface area contributed by atoms with E-state index < -0.39 is 60.2 Å². The van der Waals surface area contributed by atoms with E-state index in [4.69, 9.17) is 33.8 Å². The van der Waals surface area contributed by atoms with Gasteiger partial charge in [0.25, 0.3) is 0 Å². The molecule has 3 amide bonds. The minimum Gasteiger partial charge on any atom is -0.481 e. The van der Waals surface area contributed by atoms with E-state index >= 15 is 0 Å². The van der Waals surface area contributed by atoms with Crippen molar-refractivity contribution in [2.24, 2.45) is 33.7 Å². The zero-order chi connectivity index (χ0) is 29.8. The van der Waals surface area contributed by atoms with Gasteiger partial charge in [0.2, 0.25) is 17.7 Å². The topological polar surface area (TPSA) is 304 Å². The van der Waals surface area contributed by atoms with Crippen molar-refractivity contribution in [1.82, 2.24) is 16.0 Å². The fraction of sp³-hybridized carbons (Fsp3) is 0.739. The number of carbonyl (C=O) groups is 5. The third-order valence-electron chi connectivity index (χ3n) is 5.73. The Bertz CT molecular complexity index is 822. The molecule has 224 valence electrons. The van der Waals surface area contributed by atoms with Crippen molar-refractivity contribution >= 4 is 35.6 Å². The summed E-state index contributed by atoms with van der Waals surface area (Å²) in [6, 6.07) is -4.68. The summed E-state index contributed by atoms with van der Waals surface area (Å²) in [5.74, 6) is -4.88. The van der Waals surface area contributed by atoms with Crippen molar-refractivity contribution in [3.8, 4) is 0 Å². The molecule has 0 aromatic rings. The molecule has 16 nitrogen and oxygen atoms in total. The Hall–Kier alpha value is -3.50. The van der Waals surface area contributed by atoms with Crippen LogP contribution in [-0.4, -0.2) is 89.6 Å². The number of hydrogen-bond donors (Lipinski definition) is 10. The van der Waals surface area contributed by atoms with Gasteiger partial charge < -0.3 is 54.8 Å². The molecule has 0 radical (unpaired) electrons. The van der Waals surface area contributed by atoms with Gasteiger partial charge in [-0.3, -0.25) is 24.2 Å². The molecule has 0 rings (SSSR count). The number of nitrogens with one attached hydrogen (secondary N) is 3. The molecule has 4 atom stereocenters. The van der Waals surface area contributed by atoms with Gasteiger partial charge in [-0.15, -0.1) is 0 Å². The van der Waals surface area contributed by atoms with E-state index in [-0.39, 0.29) is 38.2 Å². The molecule has 0 fully saturated rings. The number of guanidine groups is 1. The van der Waals surface area contributed by atoms with Gasteiger partial charge >= 0.3 is 11.9 Å². The van der Waals surface area contributed by atoms with Crippen molar-refractivity contribution in [3.63, 3.8) is 0 Å². The van der Waals surface area contributed by atoms with Crippen LogP contribution in [0.15, 0.2) is 4.99 Å². The summed E-state index contributed by atoms with van der Waals surface area (Å²) < 4.78 is 0. The number of carboxylic acid groups (broad SMARTS) is 2. The molecule has 0 aliphatic carbocycles. The molecule has 0 aromatic heterocycles. The highest BCUT2D eigenvalue weighted by atomic mass is 16.4. The summed E-state index contributed by atoms with van der Waals surface area (Å²) in [6.45, 7) is 0.959. The van der Waals surface area contributed by atoms with Crippen LogP contribution in [0.3, 0.4) is 0 Å². The summed E-state index contributed by atoms with van der Waals surface area (Å²) in [5.41, 5.74) is 27.5. The van der Waals surface area contributed by atoms with E-state index in [0.29, 0.717) is 45.2 Å². The van der Waals surface area contributed by atoms with Gasteiger partial charge in [-0.05, 0) is 64.5 Å². The number of carboxylic acids is 2. The minimum absolute atomic E-state index is 0.0774. The quantitative estimate of drug-likeness (QED) is 0.0361. The molecule has 39 heavy (non-hydrogen) atoms. The van der Waals surface area contributed by atoms with Crippen LogP contribution < -0.4 is 44.6 Å². The van der Waals surface area contributed by atoms with Gasteiger partial charge in [-0.1, -0.05) is 6.42 Å². The number of hydrogen-bond acceptors (Lipinski definition) is 9. The number of amides is 3. The monoisotopic (exact) mass is 559 g/mol. The molecule has 16 heteroatoms. The van der Waals surface area contributed by atoms with E-state index in [1.165, 1.54) is 0 Å². The first-order valence-corrected chi connectivity index (χ1v) is 13.0. The van der Waals surface area contributed by atoms with Crippen LogP contribution in [-0.2, 0) is 24.0 Å². The average molecular weight is 560 g/mol. The van der Waals surface area contributed by atoms with Crippen LogP contribution in [0.4, 0.5) is 0 Å². The number of nitrogens with zero attached hydrogens (tertiary/aromatic N) is 1. The Morgan fingerprint density at radius 3 is 1.67 bits per heavy atom.